The third-order valence-corrected chi connectivity index (χ3v) is 6.56. The van der Waals surface area contributed by atoms with Crippen molar-refractivity contribution >= 4 is 34.0 Å². The van der Waals surface area contributed by atoms with Gasteiger partial charge in [0.1, 0.15) is 0 Å². The summed E-state index contributed by atoms with van der Waals surface area (Å²) in [5.74, 6) is 0.936. The lowest BCUT2D eigenvalue weighted by Gasteiger charge is -2.14. The molecule has 0 aliphatic carbocycles. The summed E-state index contributed by atoms with van der Waals surface area (Å²) in [6.45, 7) is 10.2. The number of ether oxygens (including phenoxy) is 2. The van der Waals surface area contributed by atoms with Crippen molar-refractivity contribution in [3.05, 3.63) is 51.3 Å². The second kappa shape index (κ2) is 8.86. The van der Waals surface area contributed by atoms with Crippen molar-refractivity contribution in [3.8, 4) is 22.8 Å². The summed E-state index contributed by atoms with van der Waals surface area (Å²) in [4.78, 5) is 20.8. The second-order valence-electron chi connectivity index (χ2n) is 8.28. The number of rotatable bonds is 6. The highest BCUT2D eigenvalue weighted by Gasteiger charge is 2.21. The van der Waals surface area contributed by atoms with Crippen molar-refractivity contribution in [2.75, 3.05) is 19.5 Å². The van der Waals surface area contributed by atoms with Crippen LogP contribution in [0.2, 0.25) is 0 Å². The minimum Gasteiger partial charge on any atom is -0.493 e. The Hall–Kier alpha value is -3.39. The maximum atomic E-state index is 13.5. The number of carbonyl (C=O) groups is 1. The highest BCUT2D eigenvalue weighted by Crippen LogP contribution is 2.35. The number of amides is 1. The first kappa shape index (κ1) is 22.8. The zero-order valence-electron chi connectivity index (χ0n) is 19.9. The third kappa shape index (κ3) is 4.18. The summed E-state index contributed by atoms with van der Waals surface area (Å²) in [6, 6.07) is 7.70. The van der Waals surface area contributed by atoms with E-state index in [4.69, 9.17) is 14.5 Å². The Kier molecular flexibility index (Phi) is 6.12. The van der Waals surface area contributed by atoms with E-state index in [0.29, 0.717) is 33.8 Å². The van der Waals surface area contributed by atoms with Gasteiger partial charge in [-0.25, -0.2) is 9.67 Å². The minimum absolute atomic E-state index is 0.111. The predicted molar refractivity (Wildman–Crippen MR) is 133 cm³/mol. The van der Waals surface area contributed by atoms with E-state index in [2.05, 4.69) is 30.3 Å². The number of benzene rings is 1. The molecule has 172 valence electrons. The SMILES string of the molecule is COc1cc(C)c(NC(=O)c2cc(-c3cc(C)sc3C)nc3c2cnn3C(C)C)cc1OC. The highest BCUT2D eigenvalue weighted by atomic mass is 32.1. The Morgan fingerprint density at radius 1 is 1.06 bits per heavy atom. The monoisotopic (exact) mass is 464 g/mol. The van der Waals surface area contributed by atoms with Crippen LogP contribution in [0.15, 0.2) is 30.5 Å². The first-order valence-electron chi connectivity index (χ1n) is 10.7. The van der Waals surface area contributed by atoms with Crippen LogP contribution in [0.5, 0.6) is 11.5 Å². The molecule has 0 unspecified atom stereocenters. The molecule has 0 fully saturated rings. The standard InChI is InChI=1S/C25H28N4O3S/c1-13(2)29-24-19(12-26-29)18(10-21(27-24)17-9-15(4)33-16(17)5)25(30)28-20-11-23(32-7)22(31-6)8-14(20)3/h8-13H,1-7H3,(H,28,30). The smallest absolute Gasteiger partial charge is 0.256 e. The maximum Gasteiger partial charge on any atom is 0.256 e. The first-order valence-corrected chi connectivity index (χ1v) is 11.5. The molecule has 33 heavy (non-hydrogen) atoms. The van der Waals surface area contributed by atoms with Gasteiger partial charge >= 0.3 is 0 Å². The molecule has 1 N–H and O–H groups in total. The van der Waals surface area contributed by atoms with Gasteiger partial charge in [-0.05, 0) is 58.4 Å². The Morgan fingerprint density at radius 3 is 2.36 bits per heavy atom. The zero-order chi connectivity index (χ0) is 23.9. The molecule has 0 spiro atoms. The second-order valence-corrected chi connectivity index (χ2v) is 9.74. The molecule has 0 radical (unpaired) electrons. The van der Waals surface area contributed by atoms with Gasteiger partial charge in [0.2, 0.25) is 0 Å². The number of hydrogen-bond acceptors (Lipinski definition) is 6. The Labute approximate surface area is 197 Å². The van der Waals surface area contributed by atoms with Crippen molar-refractivity contribution in [2.45, 2.75) is 40.7 Å². The van der Waals surface area contributed by atoms with Gasteiger partial charge in [-0.15, -0.1) is 11.3 Å². The molecule has 3 aromatic heterocycles. The number of hydrogen-bond donors (Lipinski definition) is 1. The van der Waals surface area contributed by atoms with Crippen molar-refractivity contribution in [1.29, 1.82) is 0 Å². The van der Waals surface area contributed by atoms with E-state index in [0.717, 1.165) is 21.7 Å². The number of fused-ring (bicyclic) bond motifs is 1. The fourth-order valence-corrected chi connectivity index (χ4v) is 4.85. The van der Waals surface area contributed by atoms with Gasteiger partial charge in [0.15, 0.2) is 17.1 Å². The van der Waals surface area contributed by atoms with Crippen LogP contribution in [0.25, 0.3) is 22.3 Å². The van der Waals surface area contributed by atoms with Gasteiger partial charge in [-0.3, -0.25) is 4.79 Å². The molecule has 0 aliphatic heterocycles. The van der Waals surface area contributed by atoms with Gasteiger partial charge in [0.05, 0.1) is 37.1 Å². The van der Waals surface area contributed by atoms with Gasteiger partial charge in [0, 0.05) is 33.1 Å². The summed E-state index contributed by atoms with van der Waals surface area (Å²) in [5.41, 5.74) is 4.55. The van der Waals surface area contributed by atoms with E-state index in [1.54, 1.807) is 37.8 Å². The fraction of sp³-hybridized carbons (Fsp3) is 0.320. The number of aryl methyl sites for hydroxylation is 3. The van der Waals surface area contributed by atoms with Crippen molar-refractivity contribution < 1.29 is 14.3 Å². The third-order valence-electron chi connectivity index (χ3n) is 5.60. The van der Waals surface area contributed by atoms with E-state index >= 15 is 0 Å². The van der Waals surface area contributed by atoms with E-state index in [1.807, 2.05) is 37.6 Å². The molecular weight excluding hydrogens is 436 g/mol. The molecule has 3 heterocycles. The molecule has 1 amide bonds. The number of nitrogens with zero attached hydrogens (tertiary/aromatic N) is 3. The van der Waals surface area contributed by atoms with Gasteiger partial charge in [0.25, 0.3) is 5.91 Å². The minimum atomic E-state index is -0.230. The number of aromatic nitrogens is 3. The molecule has 0 saturated carbocycles. The highest BCUT2D eigenvalue weighted by molar-refractivity contribution is 7.12. The zero-order valence-corrected chi connectivity index (χ0v) is 20.8. The van der Waals surface area contributed by atoms with E-state index in [-0.39, 0.29) is 11.9 Å². The average Bonchev–Trinajstić information content (AvgIpc) is 3.36. The molecule has 0 bridgehead atoms. The number of carbonyl (C=O) groups excluding carboxylic acids is 1. The normalized spacial score (nSPS) is 11.3. The number of anilines is 1. The average molecular weight is 465 g/mol. The Balaban J connectivity index is 1.84. The van der Waals surface area contributed by atoms with Crippen LogP contribution in [-0.4, -0.2) is 34.9 Å². The van der Waals surface area contributed by atoms with Crippen molar-refractivity contribution in [3.63, 3.8) is 0 Å². The van der Waals surface area contributed by atoms with Crippen LogP contribution >= 0.6 is 11.3 Å². The molecule has 4 aromatic rings. The van der Waals surface area contributed by atoms with Crippen molar-refractivity contribution in [1.82, 2.24) is 14.8 Å². The lowest BCUT2D eigenvalue weighted by molar-refractivity contribution is 0.102. The number of thiophene rings is 1. The summed E-state index contributed by atoms with van der Waals surface area (Å²) in [7, 11) is 3.16. The van der Waals surface area contributed by atoms with Crippen LogP contribution < -0.4 is 14.8 Å². The Morgan fingerprint density at radius 2 is 1.76 bits per heavy atom. The lowest BCUT2D eigenvalue weighted by Crippen LogP contribution is -2.14. The van der Waals surface area contributed by atoms with Gasteiger partial charge < -0.3 is 14.8 Å². The van der Waals surface area contributed by atoms with Crippen LogP contribution in [0.4, 0.5) is 5.69 Å². The summed E-state index contributed by atoms with van der Waals surface area (Å²) < 4.78 is 12.6. The topological polar surface area (TPSA) is 78.3 Å². The Bertz CT molecular complexity index is 1350. The molecule has 8 heteroatoms. The quantitative estimate of drug-likeness (QED) is 0.382. The molecule has 0 aliphatic rings. The van der Waals surface area contributed by atoms with Crippen LogP contribution in [0.1, 0.15) is 45.6 Å². The van der Waals surface area contributed by atoms with E-state index in [1.165, 1.54) is 4.88 Å². The largest absolute Gasteiger partial charge is 0.493 e. The van der Waals surface area contributed by atoms with E-state index < -0.39 is 0 Å². The van der Waals surface area contributed by atoms with Crippen LogP contribution in [0, 0.1) is 20.8 Å². The van der Waals surface area contributed by atoms with Gasteiger partial charge in [-0.1, -0.05) is 0 Å². The summed E-state index contributed by atoms with van der Waals surface area (Å²) in [6.07, 6.45) is 1.72. The first-order chi connectivity index (χ1) is 15.7. The summed E-state index contributed by atoms with van der Waals surface area (Å²) in [5, 5.41) is 8.28. The number of nitrogens with one attached hydrogen (secondary N) is 1. The van der Waals surface area contributed by atoms with Crippen LogP contribution in [0.3, 0.4) is 0 Å². The lowest BCUT2D eigenvalue weighted by atomic mass is 10.1. The molecule has 7 nitrogen and oxygen atoms in total. The fourth-order valence-electron chi connectivity index (χ4n) is 3.91. The molecule has 1 aromatic carbocycles. The van der Waals surface area contributed by atoms with Gasteiger partial charge in [-0.2, -0.15) is 5.10 Å². The molecular formula is C25H28N4O3S. The molecule has 0 saturated heterocycles. The predicted octanol–water partition coefficient (Wildman–Crippen LogP) is 5.94. The van der Waals surface area contributed by atoms with Crippen LogP contribution in [-0.2, 0) is 0 Å². The van der Waals surface area contributed by atoms with Crippen molar-refractivity contribution in [2.24, 2.45) is 0 Å². The number of methoxy groups -OCH3 is 2. The number of pyridine rings is 1. The summed E-state index contributed by atoms with van der Waals surface area (Å²) >= 11 is 1.72. The molecule has 4 rings (SSSR count). The molecule has 0 atom stereocenters. The van der Waals surface area contributed by atoms with E-state index in [9.17, 15) is 4.79 Å². The maximum absolute atomic E-state index is 13.5.